The molecule has 0 aliphatic carbocycles. The Kier molecular flexibility index (Phi) is 3.41. The Morgan fingerprint density at radius 1 is 1.69 bits per heavy atom. The van der Waals surface area contributed by atoms with Crippen LogP contribution in [-0.4, -0.2) is 36.5 Å². The molecule has 4 heteroatoms. The van der Waals surface area contributed by atoms with E-state index in [-0.39, 0.29) is 5.91 Å². The lowest BCUT2D eigenvalue weighted by Gasteiger charge is -2.31. The fraction of sp³-hybridized carbons (Fsp3) is 0.417. The molecule has 1 fully saturated rings. The second kappa shape index (κ2) is 4.99. The number of amides is 1. The van der Waals surface area contributed by atoms with Crippen molar-refractivity contribution in [2.75, 3.05) is 19.6 Å². The van der Waals surface area contributed by atoms with E-state index in [9.17, 15) is 4.79 Å². The molecule has 16 heavy (non-hydrogen) atoms. The van der Waals surface area contributed by atoms with E-state index in [2.05, 4.69) is 12.2 Å². The molecular formula is C12H16N2O2. The van der Waals surface area contributed by atoms with E-state index in [0.29, 0.717) is 11.8 Å². The molecule has 1 aliphatic rings. The van der Waals surface area contributed by atoms with Crippen LogP contribution >= 0.6 is 0 Å². The van der Waals surface area contributed by atoms with E-state index in [1.165, 1.54) is 0 Å². The minimum atomic E-state index is 0.0461. The maximum absolute atomic E-state index is 11.8. The molecule has 86 valence electrons. The van der Waals surface area contributed by atoms with Crippen molar-refractivity contribution >= 4 is 12.0 Å². The van der Waals surface area contributed by atoms with E-state index in [0.717, 1.165) is 19.6 Å². The first-order chi connectivity index (χ1) is 7.75. The van der Waals surface area contributed by atoms with E-state index in [4.69, 9.17) is 4.42 Å². The van der Waals surface area contributed by atoms with Gasteiger partial charge in [0.25, 0.3) is 0 Å². The van der Waals surface area contributed by atoms with Crippen molar-refractivity contribution in [3.05, 3.63) is 30.2 Å². The van der Waals surface area contributed by atoms with Crippen molar-refractivity contribution in [3.63, 3.8) is 0 Å². The van der Waals surface area contributed by atoms with Gasteiger partial charge in [-0.3, -0.25) is 4.79 Å². The molecule has 1 amide bonds. The first-order valence-electron chi connectivity index (χ1n) is 5.49. The summed E-state index contributed by atoms with van der Waals surface area (Å²) >= 11 is 0. The number of hydrogen-bond donors (Lipinski definition) is 1. The molecule has 2 heterocycles. The summed E-state index contributed by atoms with van der Waals surface area (Å²) in [6, 6.07) is 4.00. The van der Waals surface area contributed by atoms with Gasteiger partial charge in [0.2, 0.25) is 5.91 Å². The highest BCUT2D eigenvalue weighted by Gasteiger charge is 2.18. The molecule has 2 rings (SSSR count). The molecule has 1 aromatic rings. The van der Waals surface area contributed by atoms with Crippen molar-refractivity contribution in [3.8, 4) is 0 Å². The molecule has 1 unspecified atom stereocenters. The molecule has 1 atom stereocenters. The fourth-order valence-corrected chi connectivity index (χ4v) is 1.78. The van der Waals surface area contributed by atoms with Crippen LogP contribution in [-0.2, 0) is 4.79 Å². The van der Waals surface area contributed by atoms with Crippen LogP contribution in [0.3, 0.4) is 0 Å². The molecule has 1 saturated heterocycles. The molecular weight excluding hydrogens is 204 g/mol. The van der Waals surface area contributed by atoms with Crippen LogP contribution < -0.4 is 5.32 Å². The third-order valence-corrected chi connectivity index (χ3v) is 2.61. The van der Waals surface area contributed by atoms with Gasteiger partial charge in [0, 0.05) is 31.8 Å². The van der Waals surface area contributed by atoms with Gasteiger partial charge in [-0.25, -0.2) is 0 Å². The van der Waals surface area contributed by atoms with E-state index in [1.54, 1.807) is 24.5 Å². The third kappa shape index (κ3) is 2.73. The van der Waals surface area contributed by atoms with Gasteiger partial charge in [0.05, 0.1) is 6.26 Å². The Morgan fingerprint density at radius 3 is 3.25 bits per heavy atom. The molecule has 0 aromatic carbocycles. The summed E-state index contributed by atoms with van der Waals surface area (Å²) in [5, 5.41) is 3.30. The van der Waals surface area contributed by atoms with Crippen LogP contribution in [0.2, 0.25) is 0 Å². The first-order valence-corrected chi connectivity index (χ1v) is 5.49. The van der Waals surface area contributed by atoms with Gasteiger partial charge in [-0.2, -0.15) is 0 Å². The predicted octanol–water partition coefficient (Wildman–Crippen LogP) is 1.11. The van der Waals surface area contributed by atoms with Crippen molar-refractivity contribution < 1.29 is 9.21 Å². The largest absolute Gasteiger partial charge is 0.465 e. The molecule has 1 aromatic heterocycles. The Balaban J connectivity index is 1.92. The number of rotatable bonds is 2. The van der Waals surface area contributed by atoms with Crippen LogP contribution in [0.4, 0.5) is 0 Å². The summed E-state index contributed by atoms with van der Waals surface area (Å²) in [5.74, 6) is 0.751. The SMILES string of the molecule is CC1CN(C(=O)C=Cc2ccco2)CCN1. The van der Waals surface area contributed by atoms with E-state index >= 15 is 0 Å². The van der Waals surface area contributed by atoms with Crippen LogP contribution in [0.1, 0.15) is 12.7 Å². The monoisotopic (exact) mass is 220 g/mol. The number of carbonyl (C=O) groups excluding carboxylic acids is 1. The van der Waals surface area contributed by atoms with Crippen molar-refractivity contribution in [1.82, 2.24) is 10.2 Å². The first kappa shape index (κ1) is 11.0. The van der Waals surface area contributed by atoms with Crippen LogP contribution in [0.25, 0.3) is 6.08 Å². The zero-order chi connectivity index (χ0) is 11.4. The van der Waals surface area contributed by atoms with Gasteiger partial charge in [0.1, 0.15) is 5.76 Å². The molecule has 0 radical (unpaired) electrons. The van der Waals surface area contributed by atoms with Gasteiger partial charge in [-0.15, -0.1) is 0 Å². The van der Waals surface area contributed by atoms with Gasteiger partial charge in [0.15, 0.2) is 0 Å². The lowest BCUT2D eigenvalue weighted by atomic mass is 10.2. The van der Waals surface area contributed by atoms with Crippen molar-refractivity contribution in [2.24, 2.45) is 0 Å². The molecule has 1 aliphatic heterocycles. The summed E-state index contributed by atoms with van der Waals surface area (Å²) in [5.41, 5.74) is 0. The fourth-order valence-electron chi connectivity index (χ4n) is 1.78. The highest BCUT2D eigenvalue weighted by molar-refractivity contribution is 5.91. The van der Waals surface area contributed by atoms with Gasteiger partial charge in [-0.05, 0) is 25.1 Å². The second-order valence-electron chi connectivity index (χ2n) is 3.99. The number of nitrogens with one attached hydrogen (secondary N) is 1. The Labute approximate surface area is 94.9 Å². The molecule has 0 saturated carbocycles. The smallest absolute Gasteiger partial charge is 0.246 e. The van der Waals surface area contributed by atoms with Crippen LogP contribution in [0, 0.1) is 0 Å². The summed E-state index contributed by atoms with van der Waals surface area (Å²) in [7, 11) is 0. The standard InChI is InChI=1S/C12H16N2O2/c1-10-9-14(7-6-13-10)12(15)5-4-11-3-2-8-16-11/h2-5,8,10,13H,6-7,9H2,1H3. The maximum Gasteiger partial charge on any atom is 0.246 e. The Morgan fingerprint density at radius 2 is 2.56 bits per heavy atom. The number of carbonyl (C=O) groups is 1. The molecule has 1 N–H and O–H groups in total. The predicted molar refractivity (Wildman–Crippen MR) is 61.8 cm³/mol. The maximum atomic E-state index is 11.8. The van der Waals surface area contributed by atoms with E-state index < -0.39 is 0 Å². The number of nitrogens with zero attached hydrogens (tertiary/aromatic N) is 1. The normalized spacial score (nSPS) is 21.6. The van der Waals surface area contributed by atoms with Crippen LogP contribution in [0.15, 0.2) is 28.9 Å². The average Bonchev–Trinajstić information content (AvgIpc) is 2.78. The Hall–Kier alpha value is -1.55. The number of furan rings is 1. The topological polar surface area (TPSA) is 45.5 Å². The van der Waals surface area contributed by atoms with Gasteiger partial charge >= 0.3 is 0 Å². The summed E-state index contributed by atoms with van der Waals surface area (Å²) in [4.78, 5) is 13.7. The number of hydrogen-bond acceptors (Lipinski definition) is 3. The second-order valence-corrected chi connectivity index (χ2v) is 3.99. The molecule has 4 nitrogen and oxygen atoms in total. The highest BCUT2D eigenvalue weighted by atomic mass is 16.3. The zero-order valence-electron chi connectivity index (χ0n) is 9.35. The average molecular weight is 220 g/mol. The quantitative estimate of drug-likeness (QED) is 0.759. The van der Waals surface area contributed by atoms with Crippen LogP contribution in [0.5, 0.6) is 0 Å². The third-order valence-electron chi connectivity index (χ3n) is 2.61. The summed E-state index contributed by atoms with van der Waals surface area (Å²) in [6.07, 6.45) is 4.86. The lowest BCUT2D eigenvalue weighted by molar-refractivity contribution is -0.127. The Bertz CT molecular complexity index is 370. The minimum absolute atomic E-state index is 0.0461. The minimum Gasteiger partial charge on any atom is -0.465 e. The lowest BCUT2D eigenvalue weighted by Crippen LogP contribution is -2.50. The van der Waals surface area contributed by atoms with Gasteiger partial charge in [-0.1, -0.05) is 0 Å². The van der Waals surface area contributed by atoms with Crippen molar-refractivity contribution in [2.45, 2.75) is 13.0 Å². The van der Waals surface area contributed by atoms with Gasteiger partial charge < -0.3 is 14.6 Å². The highest BCUT2D eigenvalue weighted by Crippen LogP contribution is 2.04. The zero-order valence-corrected chi connectivity index (χ0v) is 9.35. The summed E-state index contributed by atoms with van der Waals surface area (Å²) in [6.45, 7) is 4.48. The van der Waals surface area contributed by atoms with E-state index in [1.807, 2.05) is 11.0 Å². The molecule has 0 bridgehead atoms. The summed E-state index contributed by atoms with van der Waals surface area (Å²) < 4.78 is 5.12. The number of piperazine rings is 1. The van der Waals surface area contributed by atoms with Crippen molar-refractivity contribution in [1.29, 1.82) is 0 Å². The molecule has 0 spiro atoms.